The van der Waals surface area contributed by atoms with Crippen LogP contribution >= 0.6 is 0 Å². The molecule has 0 saturated heterocycles. The molecule has 2 atom stereocenters. The quantitative estimate of drug-likeness (QED) is 0.325. The standard InChI is InChI=1S/C24H34N2O6/c1-7-31-23(28)17-14-26-18(12-19(17)27)21-16(13-24(26,4)15(2)3)11-20(22(25-21)30-6)32-10-8-9-29-5/h11,14-15,18H,7-10,12-13H2,1-6H3. The molecular formula is C24H34N2O6. The van der Waals surface area contributed by atoms with E-state index in [0.29, 0.717) is 31.3 Å². The van der Waals surface area contributed by atoms with E-state index in [2.05, 4.69) is 25.7 Å². The molecule has 0 spiro atoms. The summed E-state index contributed by atoms with van der Waals surface area (Å²) >= 11 is 0. The molecule has 32 heavy (non-hydrogen) atoms. The van der Waals surface area contributed by atoms with Crippen molar-refractivity contribution in [3.05, 3.63) is 29.1 Å². The number of pyridine rings is 1. The van der Waals surface area contributed by atoms with Gasteiger partial charge >= 0.3 is 5.97 Å². The zero-order valence-electron chi connectivity index (χ0n) is 19.9. The Morgan fingerprint density at radius 3 is 2.69 bits per heavy atom. The van der Waals surface area contributed by atoms with Gasteiger partial charge in [0.1, 0.15) is 5.57 Å². The minimum atomic E-state index is -0.571. The van der Waals surface area contributed by atoms with Gasteiger partial charge < -0.3 is 23.8 Å². The normalized spacial score (nSPS) is 22.2. The van der Waals surface area contributed by atoms with Gasteiger partial charge in [0.05, 0.1) is 32.1 Å². The van der Waals surface area contributed by atoms with E-state index in [1.165, 1.54) is 0 Å². The van der Waals surface area contributed by atoms with Gasteiger partial charge in [-0.25, -0.2) is 9.78 Å². The lowest BCUT2D eigenvalue weighted by Gasteiger charge is -2.53. The highest BCUT2D eigenvalue weighted by molar-refractivity contribution is 6.17. The van der Waals surface area contributed by atoms with E-state index in [4.69, 9.17) is 23.9 Å². The predicted molar refractivity (Wildman–Crippen MR) is 119 cm³/mol. The van der Waals surface area contributed by atoms with Gasteiger partial charge in [0, 0.05) is 38.3 Å². The summed E-state index contributed by atoms with van der Waals surface area (Å²) in [6.07, 6.45) is 3.29. The third kappa shape index (κ3) is 4.46. The smallest absolute Gasteiger partial charge is 0.343 e. The van der Waals surface area contributed by atoms with E-state index < -0.39 is 5.97 Å². The number of methoxy groups -OCH3 is 2. The lowest BCUT2D eigenvalue weighted by molar-refractivity contribution is -0.141. The Bertz CT molecular complexity index is 897. The van der Waals surface area contributed by atoms with Crippen molar-refractivity contribution in [2.45, 2.75) is 58.5 Å². The Kier molecular flexibility index (Phi) is 7.44. The van der Waals surface area contributed by atoms with Crippen LogP contribution in [0.3, 0.4) is 0 Å². The monoisotopic (exact) mass is 446 g/mol. The molecule has 0 N–H and O–H groups in total. The number of ketones is 1. The molecule has 0 amide bonds. The summed E-state index contributed by atoms with van der Waals surface area (Å²) in [5, 5.41) is 0. The maximum Gasteiger partial charge on any atom is 0.343 e. The van der Waals surface area contributed by atoms with Gasteiger partial charge in [-0.05, 0) is 37.8 Å². The molecule has 0 aromatic carbocycles. The highest BCUT2D eigenvalue weighted by atomic mass is 16.5. The summed E-state index contributed by atoms with van der Waals surface area (Å²) in [5.41, 5.74) is 1.60. The van der Waals surface area contributed by atoms with Crippen LogP contribution in [0, 0.1) is 5.92 Å². The number of esters is 1. The molecule has 0 radical (unpaired) electrons. The van der Waals surface area contributed by atoms with Crippen LogP contribution < -0.4 is 9.47 Å². The maximum atomic E-state index is 12.9. The molecule has 0 bridgehead atoms. The second-order valence-electron chi connectivity index (χ2n) is 8.74. The molecule has 0 saturated carbocycles. The minimum Gasteiger partial charge on any atom is -0.488 e. The largest absolute Gasteiger partial charge is 0.488 e. The van der Waals surface area contributed by atoms with E-state index >= 15 is 0 Å². The molecule has 3 heterocycles. The zero-order valence-corrected chi connectivity index (χ0v) is 19.9. The van der Waals surface area contributed by atoms with Crippen LogP contribution in [-0.4, -0.2) is 61.2 Å². The van der Waals surface area contributed by atoms with E-state index in [-0.39, 0.29) is 41.9 Å². The van der Waals surface area contributed by atoms with Gasteiger partial charge in [-0.15, -0.1) is 0 Å². The summed E-state index contributed by atoms with van der Waals surface area (Å²) in [5.74, 6) is 0.426. The van der Waals surface area contributed by atoms with Crippen molar-refractivity contribution in [1.29, 1.82) is 0 Å². The van der Waals surface area contributed by atoms with E-state index in [9.17, 15) is 9.59 Å². The number of fused-ring (bicyclic) bond motifs is 3. The Hall–Kier alpha value is -2.61. The van der Waals surface area contributed by atoms with Gasteiger partial charge in [0.15, 0.2) is 11.5 Å². The Morgan fingerprint density at radius 1 is 1.31 bits per heavy atom. The number of aromatic nitrogens is 1. The molecule has 1 aromatic heterocycles. The summed E-state index contributed by atoms with van der Waals surface area (Å²) in [4.78, 5) is 32.2. The minimum absolute atomic E-state index is 0.100. The molecule has 2 aliphatic rings. The van der Waals surface area contributed by atoms with Crippen molar-refractivity contribution in [2.75, 3.05) is 34.0 Å². The number of nitrogens with zero attached hydrogens (tertiary/aromatic N) is 2. The molecule has 1 aromatic rings. The molecule has 176 valence electrons. The second kappa shape index (κ2) is 9.90. The molecular weight excluding hydrogens is 412 g/mol. The Labute approximate surface area is 189 Å². The molecule has 2 aliphatic heterocycles. The van der Waals surface area contributed by atoms with Gasteiger partial charge in [0.25, 0.3) is 5.88 Å². The van der Waals surface area contributed by atoms with Crippen LogP contribution in [-0.2, 0) is 25.5 Å². The van der Waals surface area contributed by atoms with Crippen LogP contribution in [0.5, 0.6) is 11.6 Å². The van der Waals surface area contributed by atoms with E-state index in [0.717, 1.165) is 17.7 Å². The molecule has 8 nitrogen and oxygen atoms in total. The lowest BCUT2D eigenvalue weighted by atomic mass is 9.73. The van der Waals surface area contributed by atoms with E-state index in [1.54, 1.807) is 27.3 Å². The van der Waals surface area contributed by atoms with E-state index in [1.807, 2.05) is 6.07 Å². The molecule has 2 unspecified atom stereocenters. The number of hydrogen-bond acceptors (Lipinski definition) is 8. The number of carbonyl (C=O) groups excluding carboxylic acids is 2. The predicted octanol–water partition coefficient (Wildman–Crippen LogP) is 3.24. The average Bonchev–Trinajstić information content (AvgIpc) is 2.76. The van der Waals surface area contributed by atoms with Crippen molar-refractivity contribution < 1.29 is 28.5 Å². The van der Waals surface area contributed by atoms with Crippen molar-refractivity contribution in [3.63, 3.8) is 0 Å². The Balaban J connectivity index is 2.04. The third-order valence-electron chi connectivity index (χ3n) is 6.49. The first-order valence-corrected chi connectivity index (χ1v) is 11.2. The number of Topliss-reactive ketones (excluding diaryl/α,β-unsaturated/α-hetero) is 1. The number of hydrogen-bond donors (Lipinski definition) is 0. The van der Waals surface area contributed by atoms with Gasteiger partial charge in [-0.3, -0.25) is 4.79 Å². The SMILES string of the molecule is CCOC(=O)C1=CN2C(CC1=O)c1nc(OC)c(OCCCOC)cc1CC2(C)C(C)C. The fourth-order valence-corrected chi connectivity index (χ4v) is 4.37. The highest BCUT2D eigenvalue weighted by Crippen LogP contribution is 2.48. The highest BCUT2D eigenvalue weighted by Gasteiger charge is 2.48. The molecule has 0 fully saturated rings. The van der Waals surface area contributed by atoms with Crippen molar-refractivity contribution >= 4 is 11.8 Å². The van der Waals surface area contributed by atoms with Crippen LogP contribution in [0.1, 0.15) is 57.8 Å². The number of carbonyl (C=O) groups is 2. The number of ether oxygens (including phenoxy) is 4. The molecule has 3 rings (SSSR count). The van der Waals surface area contributed by atoms with Gasteiger partial charge in [0.2, 0.25) is 0 Å². The third-order valence-corrected chi connectivity index (χ3v) is 6.49. The fourth-order valence-electron chi connectivity index (χ4n) is 4.37. The van der Waals surface area contributed by atoms with Crippen molar-refractivity contribution in [1.82, 2.24) is 9.88 Å². The van der Waals surface area contributed by atoms with Crippen LogP contribution in [0.15, 0.2) is 17.8 Å². The first-order chi connectivity index (χ1) is 15.3. The Morgan fingerprint density at radius 2 is 2.06 bits per heavy atom. The fraction of sp³-hybridized carbons (Fsp3) is 0.625. The summed E-state index contributed by atoms with van der Waals surface area (Å²) in [6, 6.07) is 1.70. The number of rotatable bonds is 9. The molecule has 0 aliphatic carbocycles. The van der Waals surface area contributed by atoms with Crippen molar-refractivity contribution in [2.24, 2.45) is 5.92 Å². The molecule has 8 heteroatoms. The summed E-state index contributed by atoms with van der Waals surface area (Å²) < 4.78 is 21.7. The topological polar surface area (TPSA) is 87.2 Å². The first-order valence-electron chi connectivity index (χ1n) is 11.2. The summed E-state index contributed by atoms with van der Waals surface area (Å²) in [7, 11) is 3.22. The lowest BCUT2D eigenvalue weighted by Crippen LogP contribution is -2.56. The second-order valence-corrected chi connectivity index (χ2v) is 8.74. The summed E-state index contributed by atoms with van der Waals surface area (Å²) in [6.45, 7) is 9.52. The average molecular weight is 447 g/mol. The first kappa shape index (κ1) is 24.0. The van der Waals surface area contributed by atoms with Crippen LogP contribution in [0.2, 0.25) is 0 Å². The van der Waals surface area contributed by atoms with Gasteiger partial charge in [-0.2, -0.15) is 0 Å². The zero-order chi connectivity index (χ0) is 23.5. The van der Waals surface area contributed by atoms with Gasteiger partial charge in [-0.1, -0.05) is 13.8 Å². The van der Waals surface area contributed by atoms with Crippen molar-refractivity contribution in [3.8, 4) is 11.6 Å². The van der Waals surface area contributed by atoms with Crippen LogP contribution in [0.4, 0.5) is 0 Å². The maximum absolute atomic E-state index is 12.9. The van der Waals surface area contributed by atoms with Crippen LogP contribution in [0.25, 0.3) is 0 Å².